The first-order valence-electron chi connectivity index (χ1n) is 11.8. The van der Waals surface area contributed by atoms with E-state index in [2.05, 4.69) is 22.3 Å². The Morgan fingerprint density at radius 2 is 1.57 bits per heavy atom. The average molecular weight is 477 g/mol. The molecule has 1 amide bonds. The Kier molecular flexibility index (Phi) is 8.46. The smallest absolute Gasteiger partial charge is 0.412 e. The van der Waals surface area contributed by atoms with Crippen molar-refractivity contribution in [2.75, 3.05) is 33.9 Å². The highest BCUT2D eigenvalue weighted by molar-refractivity contribution is 5.70. The van der Waals surface area contributed by atoms with Crippen molar-refractivity contribution in [1.82, 2.24) is 10.2 Å². The van der Waals surface area contributed by atoms with Crippen molar-refractivity contribution in [2.24, 2.45) is 5.92 Å². The molecule has 35 heavy (non-hydrogen) atoms. The zero-order valence-corrected chi connectivity index (χ0v) is 20.2. The molecule has 4 rings (SSSR count). The van der Waals surface area contributed by atoms with Crippen LogP contribution in [-0.4, -0.2) is 44.8 Å². The Balaban J connectivity index is 1.20. The number of para-hydroxylation sites is 2. The molecule has 1 N–H and O–H groups in total. The molecule has 7 heteroatoms. The maximum atomic E-state index is 12.1. The lowest BCUT2D eigenvalue weighted by atomic mass is 9.96. The van der Waals surface area contributed by atoms with E-state index in [4.69, 9.17) is 18.9 Å². The lowest BCUT2D eigenvalue weighted by Gasteiger charge is -2.32. The number of nitrogens with zero attached hydrogens (tertiary/aromatic N) is 1. The van der Waals surface area contributed by atoms with Gasteiger partial charge in [-0.25, -0.2) is 4.79 Å². The number of benzene rings is 3. The molecular weight excluding hydrogens is 444 g/mol. The summed E-state index contributed by atoms with van der Waals surface area (Å²) in [5.74, 6) is 3.86. The Hall–Kier alpha value is -3.71. The van der Waals surface area contributed by atoms with Gasteiger partial charge in [-0.2, -0.15) is 0 Å². The maximum Gasteiger partial charge on any atom is 0.412 e. The minimum Gasteiger partial charge on any atom is -0.497 e. The highest BCUT2D eigenvalue weighted by Gasteiger charge is 2.20. The minimum absolute atomic E-state index is 0.426. The van der Waals surface area contributed by atoms with E-state index >= 15 is 0 Å². The van der Waals surface area contributed by atoms with Gasteiger partial charge in [0.25, 0.3) is 0 Å². The second-order valence-corrected chi connectivity index (χ2v) is 8.57. The summed E-state index contributed by atoms with van der Waals surface area (Å²) in [6.07, 6.45) is 1.63. The molecule has 0 atom stereocenters. The molecule has 0 aromatic heterocycles. The number of carbonyl (C=O) groups excluding carboxylic acids is 1. The van der Waals surface area contributed by atoms with Crippen LogP contribution in [0.4, 0.5) is 4.79 Å². The Labute approximate surface area is 206 Å². The van der Waals surface area contributed by atoms with Gasteiger partial charge in [0.15, 0.2) is 11.5 Å². The van der Waals surface area contributed by atoms with E-state index in [1.807, 2.05) is 36.4 Å². The van der Waals surface area contributed by atoms with Gasteiger partial charge in [0, 0.05) is 13.1 Å². The first kappa shape index (κ1) is 24.4. The van der Waals surface area contributed by atoms with Gasteiger partial charge in [-0.05, 0) is 85.9 Å². The van der Waals surface area contributed by atoms with Crippen LogP contribution < -0.4 is 24.3 Å². The summed E-state index contributed by atoms with van der Waals surface area (Å²) in [6.45, 7) is 3.45. The molecule has 3 aromatic rings. The highest BCUT2D eigenvalue weighted by Crippen LogP contribution is 2.31. The second-order valence-electron chi connectivity index (χ2n) is 8.57. The lowest BCUT2D eigenvalue weighted by molar-refractivity contribution is 0.168. The first-order valence-corrected chi connectivity index (χ1v) is 11.8. The molecule has 0 saturated carbocycles. The summed E-state index contributed by atoms with van der Waals surface area (Å²) in [4.78, 5) is 14.6. The number of carbonyl (C=O) groups is 1. The predicted molar refractivity (Wildman–Crippen MR) is 135 cm³/mol. The van der Waals surface area contributed by atoms with E-state index in [0.29, 0.717) is 29.7 Å². The zero-order valence-electron chi connectivity index (χ0n) is 20.2. The van der Waals surface area contributed by atoms with Crippen molar-refractivity contribution in [3.05, 3.63) is 78.4 Å². The van der Waals surface area contributed by atoms with Crippen LogP contribution in [0.3, 0.4) is 0 Å². The van der Waals surface area contributed by atoms with Gasteiger partial charge in [-0.1, -0.05) is 24.3 Å². The quantitative estimate of drug-likeness (QED) is 0.440. The van der Waals surface area contributed by atoms with E-state index in [1.165, 1.54) is 5.56 Å². The van der Waals surface area contributed by atoms with Crippen LogP contribution in [0.15, 0.2) is 72.8 Å². The van der Waals surface area contributed by atoms with Crippen molar-refractivity contribution in [2.45, 2.75) is 19.4 Å². The monoisotopic (exact) mass is 476 g/mol. The van der Waals surface area contributed by atoms with Crippen molar-refractivity contribution in [3.63, 3.8) is 0 Å². The van der Waals surface area contributed by atoms with E-state index in [0.717, 1.165) is 44.0 Å². The molecule has 1 heterocycles. The molecule has 0 aliphatic carbocycles. The summed E-state index contributed by atoms with van der Waals surface area (Å²) in [5, 5.41) is 2.90. The molecule has 0 radical (unpaired) electrons. The highest BCUT2D eigenvalue weighted by atomic mass is 16.6. The van der Waals surface area contributed by atoms with Gasteiger partial charge >= 0.3 is 6.09 Å². The van der Waals surface area contributed by atoms with Crippen LogP contribution in [-0.2, 0) is 6.54 Å². The topological polar surface area (TPSA) is 69.3 Å². The van der Waals surface area contributed by atoms with Crippen LogP contribution in [0.2, 0.25) is 0 Å². The van der Waals surface area contributed by atoms with Crippen LogP contribution in [0.1, 0.15) is 18.4 Å². The summed E-state index contributed by atoms with van der Waals surface area (Å²) < 4.78 is 21.9. The Bertz CT molecular complexity index is 1090. The average Bonchev–Trinajstić information content (AvgIpc) is 2.89. The molecule has 1 aliphatic heterocycles. The van der Waals surface area contributed by atoms with Gasteiger partial charge in [0.05, 0.1) is 14.2 Å². The van der Waals surface area contributed by atoms with Crippen LogP contribution in [0, 0.1) is 5.92 Å². The molecule has 1 fully saturated rings. The molecule has 3 aromatic carbocycles. The fourth-order valence-corrected chi connectivity index (χ4v) is 4.16. The molecule has 0 bridgehead atoms. The Morgan fingerprint density at radius 3 is 2.29 bits per heavy atom. The number of methoxy groups -OCH3 is 2. The molecule has 1 aliphatic rings. The largest absolute Gasteiger partial charge is 0.497 e. The normalized spacial score (nSPS) is 14.2. The third-order valence-electron chi connectivity index (χ3n) is 6.11. The molecule has 0 spiro atoms. The van der Waals surface area contributed by atoms with E-state index in [9.17, 15) is 4.79 Å². The second kappa shape index (κ2) is 12.1. The zero-order chi connectivity index (χ0) is 24.5. The SMILES string of the molecule is COc1ccc(OC(=O)NCC2CCN(Cc3cccc(Oc4ccccc4OC)c3)CC2)cc1. The Morgan fingerprint density at radius 1 is 0.857 bits per heavy atom. The third-order valence-corrected chi connectivity index (χ3v) is 6.11. The summed E-state index contributed by atoms with van der Waals surface area (Å²) in [5.41, 5.74) is 1.21. The number of piperidine rings is 1. The van der Waals surface area contributed by atoms with E-state index in [1.54, 1.807) is 38.5 Å². The van der Waals surface area contributed by atoms with Crippen molar-refractivity contribution >= 4 is 6.09 Å². The van der Waals surface area contributed by atoms with Gasteiger partial charge in [0.2, 0.25) is 0 Å². The first-order chi connectivity index (χ1) is 17.1. The summed E-state index contributed by atoms with van der Waals surface area (Å²) in [7, 11) is 3.24. The van der Waals surface area contributed by atoms with E-state index in [-0.39, 0.29) is 0 Å². The van der Waals surface area contributed by atoms with Crippen LogP contribution >= 0.6 is 0 Å². The molecule has 7 nitrogen and oxygen atoms in total. The minimum atomic E-state index is -0.426. The number of hydrogen-bond donors (Lipinski definition) is 1. The number of rotatable bonds is 9. The fraction of sp³-hybridized carbons (Fsp3) is 0.321. The predicted octanol–water partition coefficient (Wildman–Crippen LogP) is 5.50. The number of likely N-dealkylation sites (tertiary alicyclic amines) is 1. The molecule has 0 unspecified atom stereocenters. The molecular formula is C28H32N2O5. The summed E-state index contributed by atoms with van der Waals surface area (Å²) in [6, 6.07) is 22.8. The van der Waals surface area contributed by atoms with Crippen molar-refractivity contribution in [3.8, 4) is 28.7 Å². The fourth-order valence-electron chi connectivity index (χ4n) is 4.16. The van der Waals surface area contributed by atoms with Crippen molar-refractivity contribution < 1.29 is 23.7 Å². The number of amides is 1. The van der Waals surface area contributed by atoms with Crippen molar-refractivity contribution in [1.29, 1.82) is 0 Å². The molecule has 1 saturated heterocycles. The lowest BCUT2D eigenvalue weighted by Crippen LogP contribution is -2.39. The van der Waals surface area contributed by atoms with Crippen LogP contribution in [0.25, 0.3) is 0 Å². The summed E-state index contributed by atoms with van der Waals surface area (Å²) >= 11 is 0. The van der Waals surface area contributed by atoms with Gasteiger partial charge in [-0.15, -0.1) is 0 Å². The maximum absolute atomic E-state index is 12.1. The third kappa shape index (κ3) is 7.13. The number of hydrogen-bond acceptors (Lipinski definition) is 6. The number of ether oxygens (including phenoxy) is 4. The van der Waals surface area contributed by atoms with E-state index < -0.39 is 6.09 Å². The van der Waals surface area contributed by atoms with Gasteiger partial charge in [-0.3, -0.25) is 4.90 Å². The van der Waals surface area contributed by atoms with Gasteiger partial charge in [0.1, 0.15) is 17.2 Å². The standard InChI is InChI=1S/C28H32N2O5/c1-32-23-10-12-24(13-11-23)35-28(31)29-19-21-14-16-30(17-15-21)20-22-6-5-7-25(18-22)34-27-9-4-3-8-26(27)33-2/h3-13,18,21H,14-17,19-20H2,1-2H3,(H,29,31). The molecule has 184 valence electrons. The van der Waals surface area contributed by atoms with Gasteiger partial charge < -0.3 is 24.3 Å². The van der Waals surface area contributed by atoms with Crippen LogP contribution in [0.5, 0.6) is 28.7 Å². The number of nitrogens with one attached hydrogen (secondary N) is 1.